The molecule has 0 aliphatic carbocycles. The molecule has 0 amide bonds. The van der Waals surface area contributed by atoms with E-state index < -0.39 is 11.8 Å². The first-order valence-electron chi connectivity index (χ1n) is 14.1. The van der Waals surface area contributed by atoms with Crippen molar-refractivity contribution in [2.75, 3.05) is 19.7 Å². The zero-order valence-corrected chi connectivity index (χ0v) is 23.0. The topological polar surface area (TPSA) is 110 Å². The summed E-state index contributed by atoms with van der Waals surface area (Å²) in [6.45, 7) is 3.94. The molecule has 0 bridgehead atoms. The molecule has 0 unspecified atom stereocenters. The number of aromatic nitrogens is 2. The van der Waals surface area contributed by atoms with Crippen molar-refractivity contribution in [1.82, 2.24) is 14.5 Å². The van der Waals surface area contributed by atoms with Crippen molar-refractivity contribution in [1.29, 1.82) is 5.26 Å². The van der Waals surface area contributed by atoms with Crippen LogP contribution >= 0.6 is 0 Å². The van der Waals surface area contributed by atoms with Crippen molar-refractivity contribution in [3.8, 4) is 17.6 Å². The number of carbonyl (C=O) groups is 1. The molecule has 42 heavy (non-hydrogen) atoms. The van der Waals surface area contributed by atoms with Gasteiger partial charge in [0.2, 0.25) is 0 Å². The van der Waals surface area contributed by atoms with Crippen molar-refractivity contribution in [2.24, 2.45) is 0 Å². The molecule has 3 aromatic carbocycles. The van der Waals surface area contributed by atoms with Gasteiger partial charge >= 0.3 is 5.97 Å². The Morgan fingerprint density at radius 2 is 1.95 bits per heavy atom. The normalized spacial score (nSPS) is 17.5. The summed E-state index contributed by atoms with van der Waals surface area (Å²) in [5.74, 6) is 0.237. The summed E-state index contributed by atoms with van der Waals surface area (Å²) in [7, 11) is 0. The minimum absolute atomic E-state index is 0.0636. The number of benzene rings is 3. The van der Waals surface area contributed by atoms with Crippen LogP contribution in [0.3, 0.4) is 0 Å². The highest BCUT2D eigenvalue weighted by Crippen LogP contribution is 2.26. The molecule has 6 rings (SSSR count). The number of rotatable bonds is 10. The third-order valence-corrected chi connectivity index (χ3v) is 7.81. The van der Waals surface area contributed by atoms with Crippen LogP contribution in [-0.4, -0.2) is 57.4 Å². The summed E-state index contributed by atoms with van der Waals surface area (Å²) in [5.41, 5.74) is 2.97. The van der Waals surface area contributed by atoms with E-state index in [2.05, 4.69) is 9.47 Å². The molecule has 2 aliphatic rings. The third-order valence-electron chi connectivity index (χ3n) is 7.81. The standard InChI is InChI=1S/C32H31FN4O5/c33-27-15-21(17-34)4-7-30(27)41-20-22-2-1-3-25(14-22)42-24-8-11-36(12-9-24)19-31-35-28-6-5-23(32(38)39)16-29(28)37(31)18-26-10-13-40-26/h1-7,14-16,24,26H,8-13,18-20H2,(H,38,39)/t26-/m0/s1. The van der Waals surface area contributed by atoms with E-state index >= 15 is 0 Å². The van der Waals surface area contributed by atoms with E-state index in [1.807, 2.05) is 30.3 Å². The summed E-state index contributed by atoms with van der Waals surface area (Å²) < 4.78 is 33.9. The second-order valence-corrected chi connectivity index (χ2v) is 10.7. The minimum atomic E-state index is -0.952. The van der Waals surface area contributed by atoms with E-state index in [1.54, 1.807) is 18.2 Å². The van der Waals surface area contributed by atoms with Crippen molar-refractivity contribution >= 4 is 17.0 Å². The molecule has 2 saturated heterocycles. The molecule has 2 aliphatic heterocycles. The molecule has 0 saturated carbocycles. The van der Waals surface area contributed by atoms with E-state index in [0.29, 0.717) is 13.1 Å². The Bertz CT molecular complexity index is 1640. The molecular formula is C32H31FN4O5. The Morgan fingerprint density at radius 3 is 2.67 bits per heavy atom. The molecule has 1 N–H and O–H groups in total. The summed E-state index contributed by atoms with van der Waals surface area (Å²) in [6.07, 6.45) is 2.88. The average Bonchev–Trinajstić information content (AvgIpc) is 3.31. The number of carboxylic acids is 1. The maximum Gasteiger partial charge on any atom is 0.335 e. The molecule has 1 aromatic heterocycles. The summed E-state index contributed by atoms with van der Waals surface area (Å²) in [5, 5.41) is 18.4. The molecule has 0 radical (unpaired) electrons. The first kappa shape index (κ1) is 27.7. The molecule has 9 nitrogen and oxygen atoms in total. The lowest BCUT2D eigenvalue weighted by atomic mass is 10.1. The van der Waals surface area contributed by atoms with E-state index in [4.69, 9.17) is 24.5 Å². The quantitative estimate of drug-likeness (QED) is 0.279. The molecular weight excluding hydrogens is 539 g/mol. The molecule has 4 aromatic rings. The fourth-order valence-electron chi connectivity index (χ4n) is 5.40. The number of likely N-dealkylation sites (tertiary alicyclic amines) is 1. The fraction of sp³-hybridized carbons (Fsp3) is 0.344. The van der Waals surface area contributed by atoms with Crippen molar-refractivity contribution in [2.45, 2.75) is 51.2 Å². The molecule has 216 valence electrons. The highest BCUT2D eigenvalue weighted by Gasteiger charge is 2.26. The lowest BCUT2D eigenvalue weighted by molar-refractivity contribution is -0.0592. The number of piperidine rings is 1. The predicted octanol–water partition coefficient (Wildman–Crippen LogP) is 5.16. The van der Waals surface area contributed by atoms with Gasteiger partial charge in [-0.05, 0) is 73.4 Å². The number of hydrogen-bond acceptors (Lipinski definition) is 7. The van der Waals surface area contributed by atoms with Gasteiger partial charge in [-0.3, -0.25) is 4.90 Å². The van der Waals surface area contributed by atoms with Gasteiger partial charge in [0.25, 0.3) is 0 Å². The van der Waals surface area contributed by atoms with Gasteiger partial charge in [0.1, 0.15) is 24.3 Å². The van der Waals surface area contributed by atoms with E-state index in [1.165, 1.54) is 12.1 Å². The Balaban J connectivity index is 1.06. The SMILES string of the molecule is N#Cc1ccc(OCc2cccc(OC3CCN(Cc4nc5ccc(C(=O)O)cc5n4C[C@@H]4CCO4)CC3)c2)c(F)c1. The number of ether oxygens (including phenoxy) is 3. The third kappa shape index (κ3) is 6.22. The summed E-state index contributed by atoms with van der Waals surface area (Å²) >= 11 is 0. The van der Waals surface area contributed by atoms with Crippen LogP contribution < -0.4 is 9.47 Å². The summed E-state index contributed by atoms with van der Waals surface area (Å²) in [6, 6.07) is 18.8. The van der Waals surface area contributed by atoms with Gasteiger partial charge < -0.3 is 23.9 Å². The van der Waals surface area contributed by atoms with E-state index in [0.717, 1.165) is 73.2 Å². The van der Waals surface area contributed by atoms with Gasteiger partial charge in [0.05, 0.1) is 47.4 Å². The maximum atomic E-state index is 14.2. The van der Waals surface area contributed by atoms with Crippen LogP contribution in [0.4, 0.5) is 4.39 Å². The second kappa shape index (κ2) is 12.2. The van der Waals surface area contributed by atoms with Gasteiger partial charge in [-0.15, -0.1) is 0 Å². The van der Waals surface area contributed by atoms with Crippen LogP contribution in [-0.2, 0) is 24.4 Å². The lowest BCUT2D eigenvalue weighted by Gasteiger charge is -2.32. The number of aromatic carboxylic acids is 1. The highest BCUT2D eigenvalue weighted by molar-refractivity contribution is 5.92. The zero-order valence-electron chi connectivity index (χ0n) is 23.0. The van der Waals surface area contributed by atoms with Gasteiger partial charge in [0, 0.05) is 19.7 Å². The number of nitriles is 1. The monoisotopic (exact) mass is 570 g/mol. The maximum absolute atomic E-state index is 14.2. The Labute approximate surface area is 242 Å². The van der Waals surface area contributed by atoms with Crippen molar-refractivity contribution in [3.05, 3.63) is 89.0 Å². The van der Waals surface area contributed by atoms with E-state index in [9.17, 15) is 14.3 Å². The average molecular weight is 571 g/mol. The van der Waals surface area contributed by atoms with Crippen molar-refractivity contribution < 1.29 is 28.5 Å². The zero-order chi connectivity index (χ0) is 29.1. The van der Waals surface area contributed by atoms with E-state index in [-0.39, 0.29) is 35.7 Å². The van der Waals surface area contributed by atoms with Crippen LogP contribution in [0.2, 0.25) is 0 Å². The highest BCUT2D eigenvalue weighted by atomic mass is 19.1. The summed E-state index contributed by atoms with van der Waals surface area (Å²) in [4.78, 5) is 18.8. The number of carboxylic acid groups (broad SMARTS) is 1. The van der Waals surface area contributed by atoms with Crippen LogP contribution in [0.1, 0.15) is 46.6 Å². The molecule has 10 heteroatoms. The number of hydrogen-bond donors (Lipinski definition) is 1. The first-order chi connectivity index (χ1) is 20.4. The molecule has 3 heterocycles. The van der Waals surface area contributed by atoms with Gasteiger partial charge in [-0.1, -0.05) is 12.1 Å². The Morgan fingerprint density at radius 1 is 1.12 bits per heavy atom. The largest absolute Gasteiger partial charge is 0.490 e. The van der Waals surface area contributed by atoms with Gasteiger partial charge in [-0.2, -0.15) is 5.26 Å². The molecule has 1 atom stereocenters. The van der Waals surface area contributed by atoms with Gasteiger partial charge in [0.15, 0.2) is 11.6 Å². The van der Waals surface area contributed by atoms with Crippen LogP contribution in [0, 0.1) is 17.1 Å². The Hall–Kier alpha value is -4.46. The Kier molecular flexibility index (Phi) is 8.04. The van der Waals surface area contributed by atoms with Crippen LogP contribution in [0.15, 0.2) is 60.7 Å². The first-order valence-corrected chi connectivity index (χ1v) is 14.1. The minimum Gasteiger partial charge on any atom is -0.490 e. The smallest absolute Gasteiger partial charge is 0.335 e. The predicted molar refractivity (Wildman–Crippen MR) is 152 cm³/mol. The number of imidazole rings is 1. The number of halogens is 1. The lowest BCUT2D eigenvalue weighted by Crippen LogP contribution is -2.39. The fourth-order valence-corrected chi connectivity index (χ4v) is 5.40. The van der Waals surface area contributed by atoms with Crippen LogP contribution in [0.5, 0.6) is 11.5 Å². The number of fused-ring (bicyclic) bond motifs is 1. The molecule has 2 fully saturated rings. The van der Waals surface area contributed by atoms with Gasteiger partial charge in [-0.25, -0.2) is 14.2 Å². The number of nitrogens with zero attached hydrogens (tertiary/aromatic N) is 4. The second-order valence-electron chi connectivity index (χ2n) is 10.7. The molecule has 0 spiro atoms. The van der Waals surface area contributed by atoms with Crippen LogP contribution in [0.25, 0.3) is 11.0 Å². The van der Waals surface area contributed by atoms with Crippen molar-refractivity contribution in [3.63, 3.8) is 0 Å².